The van der Waals surface area contributed by atoms with Crippen molar-refractivity contribution >= 4 is 11.9 Å². The van der Waals surface area contributed by atoms with E-state index in [9.17, 15) is 9.59 Å². The molecule has 0 aromatic heterocycles. The van der Waals surface area contributed by atoms with Gasteiger partial charge in [-0.2, -0.15) is 0 Å². The third-order valence-corrected chi connectivity index (χ3v) is 3.87. The maximum Gasteiger partial charge on any atom is 0.335 e. The van der Waals surface area contributed by atoms with Gasteiger partial charge in [-0.25, -0.2) is 4.79 Å². The average molecular weight is 341 g/mol. The molecule has 1 heterocycles. The first-order chi connectivity index (χ1) is 12.1. The van der Waals surface area contributed by atoms with Crippen LogP contribution in [0.1, 0.15) is 27.9 Å². The minimum Gasteiger partial charge on any atom is -0.490 e. The quantitative estimate of drug-likeness (QED) is 0.872. The number of carbonyl (C=O) groups excluding carboxylic acids is 1. The average Bonchev–Trinajstić information content (AvgIpc) is 2.85. The molecule has 1 aliphatic rings. The molecule has 0 spiro atoms. The topological polar surface area (TPSA) is 84.9 Å². The Morgan fingerprint density at radius 1 is 0.960 bits per heavy atom. The second-order valence-corrected chi connectivity index (χ2v) is 5.79. The van der Waals surface area contributed by atoms with Crippen molar-refractivity contribution in [3.63, 3.8) is 0 Å². The van der Waals surface area contributed by atoms with Crippen LogP contribution in [0.25, 0.3) is 0 Å². The van der Waals surface area contributed by atoms with E-state index in [4.69, 9.17) is 14.6 Å². The minimum atomic E-state index is -0.981. The van der Waals surface area contributed by atoms with E-state index in [0.29, 0.717) is 25.5 Å². The van der Waals surface area contributed by atoms with Crippen LogP contribution in [0.3, 0.4) is 0 Å². The molecule has 3 rings (SSSR count). The van der Waals surface area contributed by atoms with Crippen LogP contribution in [0.15, 0.2) is 42.5 Å². The Balaban J connectivity index is 1.55. The lowest BCUT2D eigenvalue weighted by Crippen LogP contribution is -2.24. The van der Waals surface area contributed by atoms with Crippen molar-refractivity contribution in [2.45, 2.75) is 19.4 Å². The number of aromatic carboxylic acids is 1. The second-order valence-electron chi connectivity index (χ2n) is 5.79. The Kier molecular flexibility index (Phi) is 5.18. The van der Waals surface area contributed by atoms with Gasteiger partial charge in [0, 0.05) is 13.0 Å². The fourth-order valence-electron chi connectivity index (χ4n) is 2.53. The maximum absolute atomic E-state index is 12.1. The predicted molar refractivity (Wildman–Crippen MR) is 91.0 cm³/mol. The Labute approximate surface area is 145 Å². The molecule has 6 heteroatoms. The van der Waals surface area contributed by atoms with Gasteiger partial charge in [0.15, 0.2) is 11.5 Å². The first-order valence-electron chi connectivity index (χ1n) is 8.09. The van der Waals surface area contributed by atoms with Crippen LogP contribution < -0.4 is 14.8 Å². The van der Waals surface area contributed by atoms with Gasteiger partial charge in [0.2, 0.25) is 5.91 Å². The van der Waals surface area contributed by atoms with Crippen LogP contribution >= 0.6 is 0 Å². The molecule has 130 valence electrons. The van der Waals surface area contributed by atoms with E-state index in [-0.39, 0.29) is 17.9 Å². The highest BCUT2D eigenvalue weighted by Crippen LogP contribution is 2.30. The predicted octanol–water partition coefficient (Wildman–Crippen LogP) is 2.41. The summed E-state index contributed by atoms with van der Waals surface area (Å²) in [6, 6.07) is 11.9. The molecule has 0 aliphatic carbocycles. The van der Waals surface area contributed by atoms with E-state index in [0.717, 1.165) is 23.3 Å². The van der Waals surface area contributed by atoms with Gasteiger partial charge < -0.3 is 19.9 Å². The van der Waals surface area contributed by atoms with E-state index in [1.165, 1.54) is 12.1 Å². The molecule has 0 bridgehead atoms. The van der Waals surface area contributed by atoms with E-state index in [1.54, 1.807) is 12.1 Å². The van der Waals surface area contributed by atoms with E-state index in [1.807, 2.05) is 18.2 Å². The largest absolute Gasteiger partial charge is 0.490 e. The first kappa shape index (κ1) is 16.8. The molecule has 6 nitrogen and oxygen atoms in total. The number of amides is 1. The van der Waals surface area contributed by atoms with Crippen LogP contribution in [0.5, 0.6) is 11.5 Å². The lowest BCUT2D eigenvalue weighted by Gasteiger charge is -2.10. The van der Waals surface area contributed by atoms with Gasteiger partial charge in [-0.05, 0) is 35.4 Å². The standard InChI is InChI=1S/C19H19NO5/c21-18(11-13-2-5-15(6-3-13)19(22)23)20-12-14-4-7-16-17(10-14)25-9-1-8-24-16/h2-7,10H,1,8-9,11-12H2,(H,20,21)(H,22,23). The zero-order valence-corrected chi connectivity index (χ0v) is 13.7. The molecule has 1 amide bonds. The highest BCUT2D eigenvalue weighted by atomic mass is 16.5. The monoisotopic (exact) mass is 341 g/mol. The number of ether oxygens (including phenoxy) is 2. The van der Waals surface area contributed by atoms with Crippen LogP contribution in [0.2, 0.25) is 0 Å². The number of carboxylic acids is 1. The van der Waals surface area contributed by atoms with Crippen LogP contribution in [0.4, 0.5) is 0 Å². The molecule has 2 N–H and O–H groups in total. The Bertz CT molecular complexity index is 770. The number of hydrogen-bond acceptors (Lipinski definition) is 4. The van der Waals surface area contributed by atoms with Crippen molar-refractivity contribution in [2.75, 3.05) is 13.2 Å². The van der Waals surface area contributed by atoms with Crippen LogP contribution in [-0.4, -0.2) is 30.2 Å². The van der Waals surface area contributed by atoms with Crippen molar-refractivity contribution in [1.29, 1.82) is 0 Å². The third-order valence-electron chi connectivity index (χ3n) is 3.87. The summed E-state index contributed by atoms with van der Waals surface area (Å²) in [7, 11) is 0. The highest BCUT2D eigenvalue weighted by Gasteiger charge is 2.11. The minimum absolute atomic E-state index is 0.129. The number of benzene rings is 2. The molecule has 0 fully saturated rings. The smallest absolute Gasteiger partial charge is 0.335 e. The molecule has 0 unspecified atom stereocenters. The molecular weight excluding hydrogens is 322 g/mol. The summed E-state index contributed by atoms with van der Waals surface area (Å²) in [6.45, 7) is 1.65. The lowest BCUT2D eigenvalue weighted by atomic mass is 10.1. The normalized spacial score (nSPS) is 13.0. The molecule has 25 heavy (non-hydrogen) atoms. The van der Waals surface area contributed by atoms with Gasteiger partial charge in [-0.3, -0.25) is 4.79 Å². The molecule has 2 aromatic rings. The van der Waals surface area contributed by atoms with Crippen molar-refractivity contribution in [3.05, 3.63) is 59.2 Å². The molecule has 0 radical (unpaired) electrons. The van der Waals surface area contributed by atoms with Gasteiger partial charge in [-0.1, -0.05) is 18.2 Å². The van der Waals surface area contributed by atoms with Crippen molar-refractivity contribution in [2.24, 2.45) is 0 Å². The molecule has 0 saturated heterocycles. The summed E-state index contributed by atoms with van der Waals surface area (Å²) >= 11 is 0. The summed E-state index contributed by atoms with van der Waals surface area (Å²) in [5.74, 6) is 0.320. The number of carboxylic acid groups (broad SMARTS) is 1. The number of fused-ring (bicyclic) bond motifs is 1. The van der Waals surface area contributed by atoms with Gasteiger partial charge in [-0.15, -0.1) is 0 Å². The number of nitrogens with one attached hydrogen (secondary N) is 1. The zero-order valence-electron chi connectivity index (χ0n) is 13.7. The molecule has 0 saturated carbocycles. The summed E-state index contributed by atoms with van der Waals surface area (Å²) in [5.41, 5.74) is 1.90. The fourth-order valence-corrected chi connectivity index (χ4v) is 2.53. The third kappa shape index (κ3) is 4.50. The number of carbonyl (C=O) groups is 2. The molecular formula is C19H19NO5. The fraction of sp³-hybridized carbons (Fsp3) is 0.263. The number of hydrogen-bond donors (Lipinski definition) is 2. The summed E-state index contributed by atoms with van der Waals surface area (Å²) in [5, 5.41) is 11.7. The van der Waals surface area contributed by atoms with Crippen molar-refractivity contribution in [1.82, 2.24) is 5.32 Å². The zero-order chi connectivity index (χ0) is 17.6. The van der Waals surface area contributed by atoms with Crippen LogP contribution in [0, 0.1) is 0 Å². The van der Waals surface area contributed by atoms with Gasteiger partial charge in [0.25, 0.3) is 0 Å². The van der Waals surface area contributed by atoms with E-state index in [2.05, 4.69) is 5.32 Å². The molecule has 1 aliphatic heterocycles. The SMILES string of the molecule is O=C(Cc1ccc(C(=O)O)cc1)NCc1ccc2c(c1)OCCCO2. The first-order valence-corrected chi connectivity index (χ1v) is 8.09. The Morgan fingerprint density at radius 2 is 1.64 bits per heavy atom. The molecule has 2 aromatic carbocycles. The second kappa shape index (κ2) is 7.70. The van der Waals surface area contributed by atoms with Gasteiger partial charge in [0.05, 0.1) is 25.2 Å². The Morgan fingerprint density at radius 3 is 2.36 bits per heavy atom. The van der Waals surface area contributed by atoms with Gasteiger partial charge >= 0.3 is 5.97 Å². The summed E-state index contributed by atoms with van der Waals surface area (Å²) < 4.78 is 11.2. The van der Waals surface area contributed by atoms with Crippen molar-refractivity contribution in [3.8, 4) is 11.5 Å². The van der Waals surface area contributed by atoms with Crippen LogP contribution in [-0.2, 0) is 17.8 Å². The maximum atomic E-state index is 12.1. The van der Waals surface area contributed by atoms with E-state index < -0.39 is 5.97 Å². The molecule has 0 atom stereocenters. The van der Waals surface area contributed by atoms with E-state index >= 15 is 0 Å². The lowest BCUT2D eigenvalue weighted by molar-refractivity contribution is -0.120. The number of rotatable bonds is 5. The summed E-state index contributed by atoms with van der Waals surface area (Å²) in [4.78, 5) is 22.9. The van der Waals surface area contributed by atoms with Crippen molar-refractivity contribution < 1.29 is 24.2 Å². The highest BCUT2D eigenvalue weighted by molar-refractivity contribution is 5.87. The summed E-state index contributed by atoms with van der Waals surface area (Å²) in [6.07, 6.45) is 1.05. The van der Waals surface area contributed by atoms with Gasteiger partial charge in [0.1, 0.15) is 0 Å². The Hall–Kier alpha value is -3.02.